The first-order chi connectivity index (χ1) is 12.6. The molecule has 4 rings (SSSR count). The Morgan fingerprint density at radius 3 is 2.73 bits per heavy atom. The molecule has 0 saturated carbocycles. The molecule has 1 heterocycles. The number of benzene rings is 2. The van der Waals surface area contributed by atoms with Gasteiger partial charge in [-0.05, 0) is 61.1 Å². The van der Waals surface area contributed by atoms with E-state index in [0.717, 1.165) is 37.3 Å². The van der Waals surface area contributed by atoms with E-state index in [4.69, 9.17) is 11.6 Å². The highest BCUT2D eigenvalue weighted by Crippen LogP contribution is 2.29. The third kappa shape index (κ3) is 3.51. The molecule has 0 radical (unpaired) electrons. The van der Waals surface area contributed by atoms with Crippen LogP contribution in [0.2, 0.25) is 5.02 Å². The van der Waals surface area contributed by atoms with Crippen LogP contribution in [0, 0.1) is 5.92 Å². The van der Waals surface area contributed by atoms with E-state index in [1.807, 2.05) is 12.1 Å². The van der Waals surface area contributed by atoms with Crippen LogP contribution in [0.5, 0.6) is 0 Å². The number of hydrogen-bond acceptors (Lipinski definition) is 2. The van der Waals surface area contributed by atoms with Crippen molar-refractivity contribution in [3.63, 3.8) is 0 Å². The van der Waals surface area contributed by atoms with E-state index in [2.05, 4.69) is 47.6 Å². The second-order valence-corrected chi connectivity index (χ2v) is 8.01. The predicted octanol–water partition coefficient (Wildman–Crippen LogP) is 3.62. The number of nitrogens with one attached hydrogen (secondary N) is 1. The number of hydrogen-bond donors (Lipinski definition) is 1. The van der Waals surface area contributed by atoms with Crippen LogP contribution >= 0.6 is 11.6 Å². The summed E-state index contributed by atoms with van der Waals surface area (Å²) in [5.74, 6) is 0.285. The first-order valence-corrected chi connectivity index (χ1v) is 9.80. The van der Waals surface area contributed by atoms with Gasteiger partial charge in [-0.15, -0.1) is 0 Å². The zero-order valence-electron chi connectivity index (χ0n) is 15.2. The van der Waals surface area contributed by atoms with Crippen molar-refractivity contribution in [3.05, 3.63) is 69.7 Å². The topological polar surface area (TPSA) is 32.3 Å². The van der Waals surface area contributed by atoms with Crippen molar-refractivity contribution >= 4 is 17.5 Å². The Kier molecular flexibility index (Phi) is 5.01. The van der Waals surface area contributed by atoms with Gasteiger partial charge >= 0.3 is 0 Å². The molecule has 136 valence electrons. The van der Waals surface area contributed by atoms with Crippen molar-refractivity contribution in [2.24, 2.45) is 5.92 Å². The molecule has 2 atom stereocenters. The third-order valence-electron chi connectivity index (χ3n) is 5.93. The maximum Gasteiger partial charge on any atom is 0.223 e. The number of rotatable bonds is 3. The van der Waals surface area contributed by atoms with E-state index < -0.39 is 0 Å². The van der Waals surface area contributed by atoms with Gasteiger partial charge in [-0.2, -0.15) is 0 Å². The molecule has 0 fully saturated rings. The summed E-state index contributed by atoms with van der Waals surface area (Å²) in [4.78, 5) is 15.0. The lowest BCUT2D eigenvalue weighted by Gasteiger charge is -2.35. The summed E-state index contributed by atoms with van der Waals surface area (Å²) in [7, 11) is 2.12. The van der Waals surface area contributed by atoms with Gasteiger partial charge in [0.25, 0.3) is 0 Å². The minimum absolute atomic E-state index is 0.0923. The molecule has 0 bridgehead atoms. The van der Waals surface area contributed by atoms with Gasteiger partial charge in [-0.25, -0.2) is 0 Å². The number of aryl methyl sites for hydroxylation is 1. The van der Waals surface area contributed by atoms with Crippen molar-refractivity contribution in [3.8, 4) is 0 Å². The highest BCUT2D eigenvalue weighted by Gasteiger charge is 2.28. The summed E-state index contributed by atoms with van der Waals surface area (Å²) in [5, 5.41) is 4.05. The van der Waals surface area contributed by atoms with Gasteiger partial charge in [-0.3, -0.25) is 9.69 Å². The Morgan fingerprint density at radius 1 is 1.12 bits per heavy atom. The fourth-order valence-corrected chi connectivity index (χ4v) is 4.55. The summed E-state index contributed by atoms with van der Waals surface area (Å²) in [6.45, 7) is 1.56. The first-order valence-electron chi connectivity index (χ1n) is 9.43. The van der Waals surface area contributed by atoms with Crippen molar-refractivity contribution in [2.45, 2.75) is 38.3 Å². The fraction of sp³-hybridized carbons (Fsp3) is 0.409. The minimum atomic E-state index is 0.0923. The van der Waals surface area contributed by atoms with Crippen LogP contribution in [0.1, 0.15) is 28.7 Å². The molecule has 1 amide bonds. The van der Waals surface area contributed by atoms with Crippen LogP contribution < -0.4 is 5.32 Å². The number of fused-ring (bicyclic) bond motifs is 2. The predicted molar refractivity (Wildman–Crippen MR) is 105 cm³/mol. The Balaban J connectivity index is 1.37. The van der Waals surface area contributed by atoms with E-state index >= 15 is 0 Å². The molecule has 4 heteroatoms. The van der Waals surface area contributed by atoms with Crippen LogP contribution in [-0.4, -0.2) is 30.4 Å². The van der Waals surface area contributed by atoms with Crippen molar-refractivity contribution in [1.29, 1.82) is 0 Å². The standard InChI is InChI=1S/C22H25ClN2O/c1-25-14-18-7-4-8-21(23)20(18)12-19(25)13-24-22(26)17-10-9-15-5-2-3-6-16(15)11-17/h2-8,17,19H,9-14H2,1H3,(H,24,26)/t17-,19-/m0/s1. The van der Waals surface area contributed by atoms with E-state index in [9.17, 15) is 4.79 Å². The summed E-state index contributed by atoms with van der Waals surface area (Å²) in [5.41, 5.74) is 5.26. The average molecular weight is 369 g/mol. The molecular formula is C22H25ClN2O. The van der Waals surface area contributed by atoms with E-state index in [1.165, 1.54) is 22.3 Å². The van der Waals surface area contributed by atoms with Gasteiger partial charge in [0.05, 0.1) is 0 Å². The highest BCUT2D eigenvalue weighted by atomic mass is 35.5. The second-order valence-electron chi connectivity index (χ2n) is 7.60. The molecule has 3 nitrogen and oxygen atoms in total. The third-order valence-corrected chi connectivity index (χ3v) is 6.28. The molecule has 1 N–H and O–H groups in total. The van der Waals surface area contributed by atoms with Gasteiger partial charge in [-0.1, -0.05) is 48.0 Å². The molecule has 0 saturated heterocycles. The fourth-order valence-electron chi connectivity index (χ4n) is 4.28. The average Bonchev–Trinajstić information content (AvgIpc) is 2.66. The van der Waals surface area contributed by atoms with Crippen molar-refractivity contribution in [2.75, 3.05) is 13.6 Å². The van der Waals surface area contributed by atoms with E-state index in [1.54, 1.807) is 0 Å². The van der Waals surface area contributed by atoms with Crippen LogP contribution in [-0.2, 0) is 30.6 Å². The number of carbonyl (C=O) groups is 1. The quantitative estimate of drug-likeness (QED) is 0.897. The highest BCUT2D eigenvalue weighted by molar-refractivity contribution is 6.31. The van der Waals surface area contributed by atoms with Crippen LogP contribution in [0.3, 0.4) is 0 Å². The van der Waals surface area contributed by atoms with Crippen LogP contribution in [0.25, 0.3) is 0 Å². The molecule has 2 aliphatic rings. The molecule has 0 aromatic heterocycles. The lowest BCUT2D eigenvalue weighted by molar-refractivity contribution is -0.125. The van der Waals surface area contributed by atoms with Gasteiger partial charge < -0.3 is 5.32 Å². The van der Waals surface area contributed by atoms with E-state index in [0.29, 0.717) is 12.6 Å². The SMILES string of the molecule is CN1Cc2cccc(Cl)c2C[C@H]1CNC(=O)[C@H]1CCc2ccccc2C1. The molecule has 1 aliphatic carbocycles. The normalized spacial score (nSPS) is 22.4. The number of halogens is 1. The molecule has 1 aliphatic heterocycles. The number of likely N-dealkylation sites (N-methyl/N-ethyl adjacent to an activating group) is 1. The Hall–Kier alpha value is -1.84. The number of nitrogens with zero attached hydrogens (tertiary/aromatic N) is 1. The monoisotopic (exact) mass is 368 g/mol. The molecule has 26 heavy (non-hydrogen) atoms. The Morgan fingerprint density at radius 2 is 1.88 bits per heavy atom. The lowest BCUT2D eigenvalue weighted by atomic mass is 9.83. The molecule has 0 unspecified atom stereocenters. The minimum Gasteiger partial charge on any atom is -0.354 e. The smallest absolute Gasteiger partial charge is 0.223 e. The molecule has 2 aromatic rings. The van der Waals surface area contributed by atoms with Crippen molar-refractivity contribution < 1.29 is 4.79 Å². The summed E-state index contributed by atoms with van der Waals surface area (Å²) in [6.07, 6.45) is 3.69. The first kappa shape index (κ1) is 17.6. The summed E-state index contributed by atoms with van der Waals surface area (Å²) in [6, 6.07) is 14.9. The Bertz CT molecular complexity index is 820. The zero-order chi connectivity index (χ0) is 18.1. The molecule has 2 aromatic carbocycles. The van der Waals surface area contributed by atoms with Crippen LogP contribution in [0.15, 0.2) is 42.5 Å². The summed E-state index contributed by atoms with van der Waals surface area (Å²) >= 11 is 6.38. The van der Waals surface area contributed by atoms with E-state index in [-0.39, 0.29) is 11.8 Å². The van der Waals surface area contributed by atoms with Crippen LogP contribution in [0.4, 0.5) is 0 Å². The lowest BCUT2D eigenvalue weighted by Crippen LogP contribution is -2.47. The number of amides is 1. The maximum absolute atomic E-state index is 12.7. The van der Waals surface area contributed by atoms with Gasteiger partial charge in [0, 0.05) is 30.1 Å². The van der Waals surface area contributed by atoms with Gasteiger partial charge in [0.15, 0.2) is 0 Å². The van der Waals surface area contributed by atoms with Gasteiger partial charge in [0.2, 0.25) is 5.91 Å². The Labute approximate surface area is 160 Å². The largest absolute Gasteiger partial charge is 0.354 e. The molecule has 0 spiro atoms. The van der Waals surface area contributed by atoms with Gasteiger partial charge in [0.1, 0.15) is 0 Å². The van der Waals surface area contributed by atoms with Crippen molar-refractivity contribution in [1.82, 2.24) is 10.2 Å². The number of carbonyl (C=O) groups excluding carboxylic acids is 1. The summed E-state index contributed by atoms with van der Waals surface area (Å²) < 4.78 is 0. The zero-order valence-corrected chi connectivity index (χ0v) is 15.9. The maximum atomic E-state index is 12.7. The molecular weight excluding hydrogens is 344 g/mol. The second kappa shape index (κ2) is 7.42.